The third-order valence-corrected chi connectivity index (χ3v) is 3.89. The number of aromatic nitrogens is 3. The van der Waals surface area contributed by atoms with Crippen molar-refractivity contribution in [2.24, 2.45) is 4.99 Å². The molecule has 0 bridgehead atoms. The Morgan fingerprint density at radius 2 is 2.20 bits per heavy atom. The van der Waals surface area contributed by atoms with Crippen LogP contribution in [0.1, 0.15) is 11.3 Å². The van der Waals surface area contributed by atoms with Gasteiger partial charge in [0.1, 0.15) is 12.2 Å². The number of rotatable bonds is 4. The van der Waals surface area contributed by atoms with Crippen molar-refractivity contribution in [3.05, 3.63) is 41.7 Å². The van der Waals surface area contributed by atoms with E-state index in [4.69, 9.17) is 0 Å². The van der Waals surface area contributed by atoms with Crippen LogP contribution in [0.3, 0.4) is 0 Å². The summed E-state index contributed by atoms with van der Waals surface area (Å²) in [6.45, 7) is 1.43. The molecular formula is C16H21IN6O2. The van der Waals surface area contributed by atoms with E-state index in [1.165, 1.54) is 23.0 Å². The summed E-state index contributed by atoms with van der Waals surface area (Å²) in [5.41, 5.74) is 3.23. The van der Waals surface area contributed by atoms with Gasteiger partial charge in [0, 0.05) is 19.3 Å². The number of anilines is 1. The average molecular weight is 456 g/mol. The highest BCUT2D eigenvalue weighted by Crippen LogP contribution is 2.27. The minimum absolute atomic E-state index is 0. The van der Waals surface area contributed by atoms with Crippen LogP contribution >= 0.6 is 24.0 Å². The summed E-state index contributed by atoms with van der Waals surface area (Å²) >= 11 is 0. The van der Waals surface area contributed by atoms with Crippen molar-refractivity contribution in [1.82, 2.24) is 20.3 Å². The molecule has 1 aromatic carbocycles. The zero-order valence-electron chi connectivity index (χ0n) is 14.2. The van der Waals surface area contributed by atoms with Crippen molar-refractivity contribution in [3.8, 4) is 0 Å². The Morgan fingerprint density at radius 1 is 1.40 bits per heavy atom. The van der Waals surface area contributed by atoms with Crippen LogP contribution < -0.4 is 10.2 Å². The molecule has 3 rings (SSSR count). The highest BCUT2D eigenvalue weighted by molar-refractivity contribution is 14.0. The number of halogens is 1. The van der Waals surface area contributed by atoms with E-state index >= 15 is 0 Å². The van der Waals surface area contributed by atoms with Crippen LogP contribution in [0.4, 0.5) is 5.69 Å². The van der Waals surface area contributed by atoms with Crippen LogP contribution in [0, 0.1) is 0 Å². The maximum atomic E-state index is 11.2. The number of ether oxygens (including phenoxy) is 1. The lowest BCUT2D eigenvalue weighted by Gasteiger charge is -2.21. The summed E-state index contributed by atoms with van der Waals surface area (Å²) in [5.74, 6) is 0.436. The van der Waals surface area contributed by atoms with E-state index in [9.17, 15) is 4.79 Å². The van der Waals surface area contributed by atoms with Crippen molar-refractivity contribution >= 4 is 41.6 Å². The summed E-state index contributed by atoms with van der Waals surface area (Å²) in [5, 5.41) is 11.3. The van der Waals surface area contributed by atoms with Crippen LogP contribution in [0.2, 0.25) is 0 Å². The van der Waals surface area contributed by atoms with E-state index in [0.717, 1.165) is 24.6 Å². The largest absolute Gasteiger partial charge is 0.468 e. The Bertz CT molecular complexity index is 761. The van der Waals surface area contributed by atoms with E-state index in [1.54, 1.807) is 13.2 Å². The summed E-state index contributed by atoms with van der Waals surface area (Å²) in [4.78, 5) is 17.8. The van der Waals surface area contributed by atoms with Gasteiger partial charge in [-0.1, -0.05) is 23.4 Å². The normalized spacial score (nSPS) is 13.2. The van der Waals surface area contributed by atoms with Crippen LogP contribution in [-0.4, -0.2) is 47.6 Å². The Labute approximate surface area is 163 Å². The molecule has 134 valence electrons. The van der Waals surface area contributed by atoms with Crippen LogP contribution in [0.25, 0.3) is 0 Å². The summed E-state index contributed by atoms with van der Waals surface area (Å²) in [7, 11) is 3.11. The second-order valence-electron chi connectivity index (χ2n) is 5.41. The van der Waals surface area contributed by atoms with Crippen molar-refractivity contribution in [2.75, 3.05) is 25.6 Å². The third-order valence-electron chi connectivity index (χ3n) is 3.89. The molecule has 2 aromatic rings. The number of benzene rings is 1. The Hall–Kier alpha value is -2.17. The Kier molecular flexibility index (Phi) is 6.73. The minimum Gasteiger partial charge on any atom is -0.468 e. The number of hydrogen-bond donors (Lipinski definition) is 1. The predicted molar refractivity (Wildman–Crippen MR) is 105 cm³/mol. The summed E-state index contributed by atoms with van der Waals surface area (Å²) < 4.78 is 6.07. The van der Waals surface area contributed by atoms with Gasteiger partial charge in [-0.25, -0.2) is 4.68 Å². The van der Waals surface area contributed by atoms with Crippen LogP contribution in [0.15, 0.2) is 35.5 Å². The summed E-state index contributed by atoms with van der Waals surface area (Å²) in [6.07, 6.45) is 2.72. The molecular weight excluding hydrogens is 435 g/mol. The molecule has 0 spiro atoms. The lowest BCUT2D eigenvalue weighted by molar-refractivity contribution is -0.141. The minimum atomic E-state index is -0.358. The highest BCUT2D eigenvalue weighted by atomic mass is 127. The predicted octanol–water partition coefficient (Wildman–Crippen LogP) is 1.21. The van der Waals surface area contributed by atoms with Gasteiger partial charge < -0.3 is 15.0 Å². The Morgan fingerprint density at radius 3 is 2.96 bits per heavy atom. The van der Waals surface area contributed by atoms with Gasteiger partial charge in [-0.2, -0.15) is 0 Å². The first-order valence-electron chi connectivity index (χ1n) is 7.73. The topological polar surface area (TPSA) is 84.6 Å². The standard InChI is InChI=1S/C16H20N6O2.HI/c1-17-16(22-8-7-12-5-3-4-6-14(12)22)18-9-13-10-21(20-19-13)11-15(23)24-2;/h3-6,10H,7-9,11H2,1-2H3,(H,17,18);1H. The van der Waals surface area contributed by atoms with E-state index in [2.05, 4.69) is 48.5 Å². The van der Waals surface area contributed by atoms with Crippen LogP contribution in [0.5, 0.6) is 0 Å². The van der Waals surface area contributed by atoms with Gasteiger partial charge in [0.2, 0.25) is 0 Å². The molecule has 0 aliphatic carbocycles. The number of methoxy groups -OCH3 is 1. The second-order valence-corrected chi connectivity index (χ2v) is 5.41. The van der Waals surface area contributed by atoms with Crippen LogP contribution in [-0.2, 0) is 29.0 Å². The number of para-hydroxylation sites is 1. The van der Waals surface area contributed by atoms with Gasteiger partial charge in [-0.3, -0.25) is 9.79 Å². The molecule has 8 nitrogen and oxygen atoms in total. The molecule has 2 heterocycles. The first-order chi connectivity index (χ1) is 11.7. The van der Waals surface area contributed by atoms with E-state index < -0.39 is 0 Å². The van der Waals surface area contributed by atoms with Gasteiger partial charge in [0.05, 0.1) is 19.9 Å². The van der Waals surface area contributed by atoms with E-state index in [1.807, 2.05) is 6.07 Å². The fourth-order valence-electron chi connectivity index (χ4n) is 2.72. The number of nitrogens with zero attached hydrogens (tertiary/aromatic N) is 5. The lowest BCUT2D eigenvalue weighted by Crippen LogP contribution is -2.40. The van der Waals surface area contributed by atoms with E-state index in [-0.39, 0.29) is 36.5 Å². The quantitative estimate of drug-likeness (QED) is 0.322. The molecule has 1 N–H and O–H groups in total. The van der Waals surface area contributed by atoms with E-state index in [0.29, 0.717) is 6.54 Å². The van der Waals surface area contributed by atoms with Gasteiger partial charge in [-0.15, -0.1) is 29.1 Å². The SMILES string of the molecule is CN=C(NCc1cn(CC(=O)OC)nn1)N1CCc2ccccc21.I. The van der Waals surface area contributed by atoms with Crippen molar-refractivity contribution in [1.29, 1.82) is 0 Å². The average Bonchev–Trinajstić information content (AvgIpc) is 3.23. The smallest absolute Gasteiger partial charge is 0.327 e. The number of carbonyl (C=O) groups excluding carboxylic acids is 1. The number of esters is 1. The molecule has 1 aliphatic rings. The molecule has 1 aliphatic heterocycles. The highest BCUT2D eigenvalue weighted by Gasteiger charge is 2.22. The van der Waals surface area contributed by atoms with Gasteiger partial charge in [0.15, 0.2) is 5.96 Å². The van der Waals surface area contributed by atoms with Crippen molar-refractivity contribution in [2.45, 2.75) is 19.5 Å². The van der Waals surface area contributed by atoms with Crippen molar-refractivity contribution in [3.63, 3.8) is 0 Å². The molecule has 0 radical (unpaired) electrons. The number of fused-ring (bicyclic) bond motifs is 1. The molecule has 25 heavy (non-hydrogen) atoms. The number of carbonyl (C=O) groups is 1. The maximum Gasteiger partial charge on any atom is 0.327 e. The molecule has 1 aromatic heterocycles. The van der Waals surface area contributed by atoms with Gasteiger partial charge in [0.25, 0.3) is 0 Å². The summed E-state index contributed by atoms with van der Waals surface area (Å²) in [6, 6.07) is 8.32. The second kappa shape index (κ2) is 8.79. The maximum absolute atomic E-state index is 11.2. The lowest BCUT2D eigenvalue weighted by atomic mass is 10.2. The van der Waals surface area contributed by atoms with Gasteiger partial charge in [-0.05, 0) is 18.1 Å². The number of hydrogen-bond acceptors (Lipinski definition) is 5. The van der Waals surface area contributed by atoms with Gasteiger partial charge >= 0.3 is 5.97 Å². The number of nitrogens with one attached hydrogen (secondary N) is 1. The van der Waals surface area contributed by atoms with Crippen molar-refractivity contribution < 1.29 is 9.53 Å². The third kappa shape index (κ3) is 4.47. The molecule has 0 saturated heterocycles. The molecule has 0 amide bonds. The zero-order valence-corrected chi connectivity index (χ0v) is 16.5. The Balaban J connectivity index is 0.00000225. The molecule has 9 heteroatoms. The molecule has 0 fully saturated rings. The fraction of sp³-hybridized carbons (Fsp3) is 0.375. The first-order valence-corrected chi connectivity index (χ1v) is 7.73. The number of aliphatic imine (C=N–C) groups is 1. The first kappa shape index (κ1) is 19.2. The molecule has 0 saturated carbocycles. The molecule has 0 atom stereocenters. The number of guanidine groups is 1. The fourth-order valence-corrected chi connectivity index (χ4v) is 2.72. The molecule has 0 unspecified atom stereocenters. The monoisotopic (exact) mass is 456 g/mol. The zero-order chi connectivity index (χ0) is 16.9.